The minimum atomic E-state index is -3.39. The van der Waals surface area contributed by atoms with Gasteiger partial charge in [-0.05, 0) is 61.6 Å². The van der Waals surface area contributed by atoms with Crippen LogP contribution in [0.25, 0.3) is 0 Å². The van der Waals surface area contributed by atoms with Gasteiger partial charge in [0.25, 0.3) is 5.91 Å². The Morgan fingerprint density at radius 2 is 1.76 bits per heavy atom. The third kappa shape index (κ3) is 5.97. The van der Waals surface area contributed by atoms with Crippen molar-refractivity contribution in [3.8, 4) is 0 Å². The van der Waals surface area contributed by atoms with E-state index >= 15 is 0 Å². The van der Waals surface area contributed by atoms with Gasteiger partial charge in [-0.15, -0.1) is 0 Å². The van der Waals surface area contributed by atoms with Crippen LogP contribution in [0.3, 0.4) is 0 Å². The number of carbonyl (C=O) groups excluding carboxylic acids is 1. The normalized spacial score (nSPS) is 16.3. The summed E-state index contributed by atoms with van der Waals surface area (Å²) in [5, 5.41) is 2.98. The lowest BCUT2D eigenvalue weighted by molar-refractivity contribution is 0.0940. The van der Waals surface area contributed by atoms with Crippen molar-refractivity contribution < 1.29 is 13.2 Å². The third-order valence-electron chi connectivity index (χ3n) is 5.32. The van der Waals surface area contributed by atoms with Gasteiger partial charge in [0.15, 0.2) is 0 Å². The smallest absolute Gasteiger partial charge is 0.251 e. The van der Waals surface area contributed by atoms with Gasteiger partial charge in [-0.25, -0.2) is 8.42 Å². The van der Waals surface area contributed by atoms with E-state index < -0.39 is 10.0 Å². The number of rotatable bonds is 6. The number of hydrogen-bond acceptors (Lipinski definition) is 4. The van der Waals surface area contributed by atoms with Gasteiger partial charge in [0, 0.05) is 30.0 Å². The molecule has 0 unspecified atom stereocenters. The molecule has 2 aromatic carbocycles. The number of piperidine rings is 1. The molecule has 1 amide bonds. The average molecular weight is 416 g/mol. The van der Waals surface area contributed by atoms with Crippen molar-refractivity contribution in [1.82, 2.24) is 5.32 Å². The number of carbonyl (C=O) groups is 1. The largest absolute Gasteiger partial charge is 0.372 e. The summed E-state index contributed by atoms with van der Waals surface area (Å²) in [5.74, 6) is 0.552. The van der Waals surface area contributed by atoms with Crippen LogP contribution in [0.5, 0.6) is 0 Å². The first kappa shape index (κ1) is 21.2. The Hall–Kier alpha value is -2.54. The summed E-state index contributed by atoms with van der Waals surface area (Å²) < 4.78 is 25.2. The Kier molecular flexibility index (Phi) is 6.47. The molecule has 29 heavy (non-hydrogen) atoms. The molecule has 0 spiro atoms. The zero-order valence-electron chi connectivity index (χ0n) is 17.2. The molecule has 3 rings (SSSR count). The number of hydrogen-bond donors (Lipinski definition) is 2. The number of anilines is 2. The van der Waals surface area contributed by atoms with E-state index in [1.54, 1.807) is 18.2 Å². The molecule has 0 aromatic heterocycles. The molecular formula is C22H29N3O3S. The van der Waals surface area contributed by atoms with Crippen LogP contribution in [0.4, 0.5) is 11.4 Å². The maximum absolute atomic E-state index is 12.6. The van der Waals surface area contributed by atoms with Crippen molar-refractivity contribution in [3.05, 3.63) is 59.7 Å². The Morgan fingerprint density at radius 1 is 1.10 bits per heavy atom. The number of benzene rings is 2. The van der Waals surface area contributed by atoms with Gasteiger partial charge >= 0.3 is 0 Å². The Balaban J connectivity index is 1.63. The number of nitrogens with one attached hydrogen (secondary N) is 2. The van der Waals surface area contributed by atoms with E-state index in [0.717, 1.165) is 30.8 Å². The molecule has 2 aromatic rings. The minimum absolute atomic E-state index is 0.163. The molecule has 1 fully saturated rings. The van der Waals surface area contributed by atoms with Gasteiger partial charge < -0.3 is 10.2 Å². The van der Waals surface area contributed by atoms with E-state index in [1.807, 2.05) is 6.92 Å². The van der Waals surface area contributed by atoms with E-state index in [-0.39, 0.29) is 11.9 Å². The molecule has 7 heteroatoms. The summed E-state index contributed by atoms with van der Waals surface area (Å²) in [6, 6.07) is 14.6. The molecule has 1 aliphatic heterocycles. The highest BCUT2D eigenvalue weighted by Crippen LogP contribution is 2.25. The van der Waals surface area contributed by atoms with E-state index in [9.17, 15) is 13.2 Å². The number of sulfonamides is 1. The van der Waals surface area contributed by atoms with E-state index in [4.69, 9.17) is 0 Å². The van der Waals surface area contributed by atoms with Crippen LogP contribution in [0.15, 0.2) is 48.5 Å². The van der Waals surface area contributed by atoms with Crippen molar-refractivity contribution >= 4 is 27.3 Å². The quantitative estimate of drug-likeness (QED) is 0.752. The van der Waals surface area contributed by atoms with Crippen LogP contribution >= 0.6 is 0 Å². The van der Waals surface area contributed by atoms with Gasteiger partial charge in [-0.2, -0.15) is 0 Å². The highest BCUT2D eigenvalue weighted by molar-refractivity contribution is 7.92. The second-order valence-electron chi connectivity index (χ2n) is 7.91. The molecule has 0 radical (unpaired) electrons. The van der Waals surface area contributed by atoms with Crippen molar-refractivity contribution in [3.63, 3.8) is 0 Å². The first-order valence-corrected chi connectivity index (χ1v) is 11.8. The van der Waals surface area contributed by atoms with Crippen LogP contribution in [-0.4, -0.2) is 33.7 Å². The molecule has 0 aliphatic carbocycles. The predicted octanol–water partition coefficient (Wildman–Crippen LogP) is 3.79. The first-order valence-electron chi connectivity index (χ1n) is 9.95. The van der Waals surface area contributed by atoms with E-state index in [1.165, 1.54) is 24.6 Å². The third-order valence-corrected chi connectivity index (χ3v) is 5.92. The molecule has 1 atom stereocenters. The number of amides is 1. The lowest BCUT2D eigenvalue weighted by atomic mass is 9.98. The summed E-state index contributed by atoms with van der Waals surface area (Å²) >= 11 is 0. The molecular weight excluding hydrogens is 386 g/mol. The zero-order chi connectivity index (χ0) is 21.0. The molecule has 6 nitrogen and oxygen atoms in total. The van der Waals surface area contributed by atoms with Gasteiger partial charge in [-0.3, -0.25) is 9.52 Å². The summed E-state index contributed by atoms with van der Waals surface area (Å²) in [5.41, 5.74) is 3.02. The molecule has 2 N–H and O–H groups in total. The average Bonchev–Trinajstić information content (AvgIpc) is 2.67. The fourth-order valence-corrected chi connectivity index (χ4v) is 4.10. The van der Waals surface area contributed by atoms with Crippen LogP contribution in [0, 0.1) is 5.92 Å². The topological polar surface area (TPSA) is 78.5 Å². The minimum Gasteiger partial charge on any atom is -0.372 e. The fourth-order valence-electron chi connectivity index (χ4n) is 3.54. The van der Waals surface area contributed by atoms with Crippen LogP contribution in [0.1, 0.15) is 48.7 Å². The molecule has 1 heterocycles. The predicted molar refractivity (Wildman–Crippen MR) is 118 cm³/mol. The van der Waals surface area contributed by atoms with Crippen LogP contribution in [0.2, 0.25) is 0 Å². The lowest BCUT2D eigenvalue weighted by Crippen LogP contribution is -2.32. The zero-order valence-corrected chi connectivity index (χ0v) is 18.0. The monoisotopic (exact) mass is 415 g/mol. The first-order chi connectivity index (χ1) is 13.7. The maximum atomic E-state index is 12.6. The van der Waals surface area contributed by atoms with Crippen molar-refractivity contribution in [2.45, 2.75) is 32.7 Å². The van der Waals surface area contributed by atoms with Crippen molar-refractivity contribution in [2.24, 2.45) is 5.92 Å². The van der Waals surface area contributed by atoms with Gasteiger partial charge in [-0.1, -0.05) is 25.1 Å². The van der Waals surface area contributed by atoms with Crippen molar-refractivity contribution in [1.29, 1.82) is 0 Å². The molecule has 0 saturated carbocycles. The van der Waals surface area contributed by atoms with Gasteiger partial charge in [0.2, 0.25) is 10.0 Å². The summed E-state index contributed by atoms with van der Waals surface area (Å²) in [4.78, 5) is 15.0. The Labute approximate surface area is 173 Å². The molecule has 0 bridgehead atoms. The fraction of sp³-hybridized carbons (Fsp3) is 0.409. The Morgan fingerprint density at radius 3 is 2.38 bits per heavy atom. The van der Waals surface area contributed by atoms with Crippen LogP contribution in [-0.2, 0) is 10.0 Å². The van der Waals surface area contributed by atoms with Crippen molar-refractivity contribution in [2.75, 3.05) is 29.0 Å². The lowest BCUT2D eigenvalue weighted by Gasteiger charge is -2.32. The van der Waals surface area contributed by atoms with Crippen LogP contribution < -0.4 is 14.9 Å². The summed E-state index contributed by atoms with van der Waals surface area (Å²) in [6.45, 7) is 6.42. The standard InChI is InChI=1S/C22H29N3O3S/c1-16-11-13-25(14-12-16)21-9-7-18(8-10-21)17(2)23-22(26)19-5-4-6-20(15-19)24-29(3,27)28/h4-10,15-17,24H,11-14H2,1-3H3,(H,23,26)/t17-/m1/s1. The second kappa shape index (κ2) is 8.86. The molecule has 1 aliphatic rings. The van der Waals surface area contributed by atoms with Gasteiger partial charge in [0.05, 0.1) is 12.3 Å². The van der Waals surface area contributed by atoms with E-state index in [0.29, 0.717) is 11.3 Å². The second-order valence-corrected chi connectivity index (χ2v) is 9.66. The maximum Gasteiger partial charge on any atom is 0.251 e. The van der Waals surface area contributed by atoms with E-state index in [2.05, 4.69) is 46.1 Å². The molecule has 1 saturated heterocycles. The highest BCUT2D eigenvalue weighted by atomic mass is 32.2. The highest BCUT2D eigenvalue weighted by Gasteiger charge is 2.17. The number of nitrogens with zero attached hydrogens (tertiary/aromatic N) is 1. The van der Waals surface area contributed by atoms with Gasteiger partial charge in [0.1, 0.15) is 0 Å². The summed E-state index contributed by atoms with van der Waals surface area (Å²) in [7, 11) is -3.39. The summed E-state index contributed by atoms with van der Waals surface area (Å²) in [6.07, 6.45) is 3.53. The SMILES string of the molecule is CC1CCN(c2ccc([C@@H](C)NC(=O)c3cccc(NS(C)(=O)=O)c3)cc2)CC1. The molecule has 156 valence electrons. The Bertz CT molecular complexity index is 950.